The molecular formula is C18H27FN2O. The maximum Gasteiger partial charge on any atom is 0.139 e. The predicted octanol–water partition coefficient (Wildman–Crippen LogP) is 3.86. The van der Waals surface area contributed by atoms with Gasteiger partial charge in [0.05, 0.1) is 0 Å². The van der Waals surface area contributed by atoms with Crippen molar-refractivity contribution in [3.63, 3.8) is 0 Å². The van der Waals surface area contributed by atoms with E-state index >= 15 is 0 Å². The Hall–Kier alpha value is -1.39. The lowest BCUT2D eigenvalue weighted by Crippen LogP contribution is -2.33. The number of hydrogen-bond donors (Lipinski definition) is 2. The summed E-state index contributed by atoms with van der Waals surface area (Å²) in [6, 6.07) is 8.83. The highest BCUT2D eigenvalue weighted by Gasteiger charge is 2.16. The molecule has 3 N–H and O–H groups in total. The quantitative estimate of drug-likeness (QED) is 0.804. The summed E-state index contributed by atoms with van der Waals surface area (Å²) in [4.78, 5) is 0. The van der Waals surface area contributed by atoms with E-state index in [1.807, 2.05) is 24.3 Å². The Morgan fingerprint density at radius 3 is 2.64 bits per heavy atom. The molecule has 0 radical (unpaired) electrons. The molecule has 1 fully saturated rings. The number of ether oxygens (including phenoxy) is 1. The van der Waals surface area contributed by atoms with Crippen molar-refractivity contribution in [2.45, 2.75) is 51.1 Å². The highest BCUT2D eigenvalue weighted by Crippen LogP contribution is 2.23. The molecule has 3 nitrogen and oxygen atoms in total. The van der Waals surface area contributed by atoms with E-state index in [1.54, 1.807) is 0 Å². The Morgan fingerprint density at radius 2 is 2.00 bits per heavy atom. The van der Waals surface area contributed by atoms with Crippen molar-refractivity contribution in [1.82, 2.24) is 5.32 Å². The van der Waals surface area contributed by atoms with Crippen molar-refractivity contribution in [3.8, 4) is 5.75 Å². The molecule has 22 heavy (non-hydrogen) atoms. The number of rotatable bonds is 7. The SMILES string of the molecule is CC(NC1CCCCC1)c1ccc(OC/C(F)=C\CN)cc1. The van der Waals surface area contributed by atoms with Crippen molar-refractivity contribution in [1.29, 1.82) is 0 Å². The first-order valence-electron chi connectivity index (χ1n) is 8.22. The van der Waals surface area contributed by atoms with Gasteiger partial charge in [-0.25, -0.2) is 4.39 Å². The number of nitrogens with one attached hydrogen (secondary N) is 1. The van der Waals surface area contributed by atoms with Gasteiger partial charge in [-0.05, 0) is 43.5 Å². The molecule has 1 unspecified atom stereocenters. The first kappa shape index (κ1) is 17.0. The lowest BCUT2D eigenvalue weighted by molar-refractivity contribution is 0.318. The van der Waals surface area contributed by atoms with E-state index in [1.165, 1.54) is 43.7 Å². The average molecular weight is 306 g/mol. The minimum absolute atomic E-state index is 0.0631. The summed E-state index contributed by atoms with van der Waals surface area (Å²) in [6.45, 7) is 2.32. The molecule has 122 valence electrons. The first-order chi connectivity index (χ1) is 10.7. The molecule has 0 bridgehead atoms. The van der Waals surface area contributed by atoms with Gasteiger partial charge >= 0.3 is 0 Å². The van der Waals surface area contributed by atoms with Crippen LogP contribution in [0, 0.1) is 0 Å². The molecule has 0 aromatic heterocycles. The third-order valence-electron chi connectivity index (χ3n) is 4.19. The summed E-state index contributed by atoms with van der Waals surface area (Å²) < 4.78 is 18.6. The van der Waals surface area contributed by atoms with Gasteiger partial charge in [-0.15, -0.1) is 0 Å². The minimum atomic E-state index is -0.334. The molecule has 0 aliphatic heterocycles. The van der Waals surface area contributed by atoms with Crippen LogP contribution in [0.4, 0.5) is 4.39 Å². The molecule has 1 atom stereocenters. The van der Waals surface area contributed by atoms with Crippen molar-refractivity contribution < 1.29 is 9.13 Å². The molecule has 0 heterocycles. The first-order valence-corrected chi connectivity index (χ1v) is 8.22. The van der Waals surface area contributed by atoms with E-state index in [0.717, 1.165) is 0 Å². The molecule has 1 aromatic rings. The highest BCUT2D eigenvalue weighted by atomic mass is 19.1. The van der Waals surface area contributed by atoms with E-state index in [2.05, 4.69) is 12.2 Å². The highest BCUT2D eigenvalue weighted by molar-refractivity contribution is 5.29. The Kier molecular flexibility index (Phi) is 6.87. The van der Waals surface area contributed by atoms with Crippen molar-refractivity contribution in [2.24, 2.45) is 5.73 Å². The summed E-state index contributed by atoms with van der Waals surface area (Å²) in [5, 5.41) is 3.70. The maximum absolute atomic E-state index is 13.2. The number of hydrogen-bond acceptors (Lipinski definition) is 3. The Morgan fingerprint density at radius 1 is 1.32 bits per heavy atom. The van der Waals surface area contributed by atoms with Gasteiger partial charge < -0.3 is 15.8 Å². The zero-order valence-corrected chi connectivity index (χ0v) is 13.4. The fourth-order valence-electron chi connectivity index (χ4n) is 2.91. The Labute approximate surface area is 132 Å². The van der Waals surface area contributed by atoms with Gasteiger partial charge in [0, 0.05) is 18.6 Å². The molecule has 1 aliphatic carbocycles. The molecule has 1 aromatic carbocycles. The van der Waals surface area contributed by atoms with Crippen LogP contribution in [0.1, 0.15) is 50.6 Å². The van der Waals surface area contributed by atoms with Crippen LogP contribution in [0.25, 0.3) is 0 Å². The van der Waals surface area contributed by atoms with Crippen LogP contribution in [0.5, 0.6) is 5.75 Å². The van der Waals surface area contributed by atoms with E-state index in [4.69, 9.17) is 10.5 Å². The third-order valence-corrected chi connectivity index (χ3v) is 4.19. The Balaban J connectivity index is 1.83. The van der Waals surface area contributed by atoms with Crippen LogP contribution in [-0.4, -0.2) is 19.2 Å². The van der Waals surface area contributed by atoms with Crippen LogP contribution in [0.2, 0.25) is 0 Å². The lowest BCUT2D eigenvalue weighted by atomic mass is 9.94. The number of halogens is 1. The molecule has 1 saturated carbocycles. The molecular weight excluding hydrogens is 279 g/mol. The van der Waals surface area contributed by atoms with E-state index in [9.17, 15) is 4.39 Å². The van der Waals surface area contributed by atoms with Gasteiger partial charge in [0.25, 0.3) is 0 Å². The minimum Gasteiger partial charge on any atom is -0.487 e. The smallest absolute Gasteiger partial charge is 0.139 e. The normalized spacial score (nSPS) is 18.2. The maximum atomic E-state index is 13.2. The van der Waals surface area contributed by atoms with Gasteiger partial charge in [-0.1, -0.05) is 31.4 Å². The fraction of sp³-hybridized carbons (Fsp3) is 0.556. The lowest BCUT2D eigenvalue weighted by Gasteiger charge is -2.27. The third kappa shape index (κ3) is 5.43. The second kappa shape index (κ2) is 8.91. The molecule has 0 saturated heterocycles. The van der Waals surface area contributed by atoms with Crippen molar-refractivity contribution >= 4 is 0 Å². The topological polar surface area (TPSA) is 47.3 Å². The van der Waals surface area contributed by atoms with Gasteiger partial charge in [0.1, 0.15) is 18.2 Å². The van der Waals surface area contributed by atoms with Crippen LogP contribution in [0.3, 0.4) is 0 Å². The summed E-state index contributed by atoms with van der Waals surface area (Å²) in [5.41, 5.74) is 6.48. The van der Waals surface area contributed by atoms with Crippen molar-refractivity contribution in [2.75, 3.05) is 13.2 Å². The second-order valence-electron chi connectivity index (χ2n) is 5.97. The van der Waals surface area contributed by atoms with Crippen molar-refractivity contribution in [3.05, 3.63) is 41.7 Å². The summed E-state index contributed by atoms with van der Waals surface area (Å²) >= 11 is 0. The summed E-state index contributed by atoms with van der Waals surface area (Å²) in [6.07, 6.45) is 7.91. The van der Waals surface area contributed by atoms with E-state index in [-0.39, 0.29) is 19.0 Å². The molecule has 0 amide bonds. The second-order valence-corrected chi connectivity index (χ2v) is 5.97. The van der Waals surface area contributed by atoms with Crippen LogP contribution in [-0.2, 0) is 0 Å². The van der Waals surface area contributed by atoms with Crippen LogP contribution >= 0.6 is 0 Å². The van der Waals surface area contributed by atoms with Crippen LogP contribution in [0.15, 0.2) is 36.2 Å². The van der Waals surface area contributed by atoms with E-state index in [0.29, 0.717) is 17.8 Å². The molecule has 2 rings (SSSR count). The summed E-state index contributed by atoms with van der Waals surface area (Å²) in [5.74, 6) is 0.341. The molecule has 1 aliphatic rings. The van der Waals surface area contributed by atoms with Gasteiger partial charge in [-0.2, -0.15) is 0 Å². The number of nitrogens with two attached hydrogens (primary N) is 1. The van der Waals surface area contributed by atoms with Crippen LogP contribution < -0.4 is 15.8 Å². The van der Waals surface area contributed by atoms with E-state index < -0.39 is 0 Å². The molecule has 0 spiro atoms. The molecule has 4 heteroatoms. The monoisotopic (exact) mass is 306 g/mol. The fourth-order valence-corrected chi connectivity index (χ4v) is 2.91. The largest absolute Gasteiger partial charge is 0.487 e. The average Bonchev–Trinajstić information content (AvgIpc) is 2.54. The summed E-state index contributed by atoms with van der Waals surface area (Å²) in [7, 11) is 0. The zero-order valence-electron chi connectivity index (χ0n) is 13.4. The Bertz CT molecular complexity index is 466. The van der Waals surface area contributed by atoms with Gasteiger partial charge in [0.2, 0.25) is 0 Å². The zero-order chi connectivity index (χ0) is 15.8. The van der Waals surface area contributed by atoms with Gasteiger partial charge in [0.15, 0.2) is 0 Å². The predicted molar refractivity (Wildman–Crippen MR) is 88.6 cm³/mol. The number of benzene rings is 1. The van der Waals surface area contributed by atoms with Gasteiger partial charge in [-0.3, -0.25) is 0 Å². The standard InChI is InChI=1S/C18H27FN2O/c1-14(21-17-5-3-2-4-6-17)15-7-9-18(10-8-15)22-13-16(19)11-12-20/h7-11,14,17,21H,2-6,12-13,20H2,1H3/b16-11+.